The smallest absolute Gasteiger partial charge is 0.306 e. The Kier molecular flexibility index (Phi) is 49.4. The van der Waals surface area contributed by atoms with Gasteiger partial charge in [0.1, 0.15) is 13.2 Å². The summed E-state index contributed by atoms with van der Waals surface area (Å²) < 4.78 is 16.7. The maximum absolute atomic E-state index is 12.8. The lowest BCUT2D eigenvalue weighted by molar-refractivity contribution is -0.166. The second-order valence-corrected chi connectivity index (χ2v) is 17.4. The van der Waals surface area contributed by atoms with E-state index in [-0.39, 0.29) is 31.6 Å². The molecule has 64 heavy (non-hydrogen) atoms. The zero-order valence-corrected chi connectivity index (χ0v) is 41.8. The predicted octanol–water partition coefficient (Wildman–Crippen LogP) is 17.6. The van der Waals surface area contributed by atoms with Crippen molar-refractivity contribution in [3.63, 3.8) is 0 Å². The van der Waals surface area contributed by atoms with E-state index in [0.717, 1.165) is 83.5 Å². The molecule has 6 heteroatoms. The van der Waals surface area contributed by atoms with Gasteiger partial charge in [0.25, 0.3) is 0 Å². The van der Waals surface area contributed by atoms with Crippen LogP contribution in [0.1, 0.15) is 245 Å². The van der Waals surface area contributed by atoms with Crippen LogP contribution in [0.4, 0.5) is 0 Å². The van der Waals surface area contributed by atoms with E-state index in [1.54, 1.807) is 0 Å². The second kappa shape index (κ2) is 52.2. The van der Waals surface area contributed by atoms with Gasteiger partial charge in [-0.05, 0) is 70.6 Å². The molecular formula is C58H98O6. The Bertz CT molecular complexity index is 1250. The molecule has 0 heterocycles. The highest BCUT2D eigenvalue weighted by molar-refractivity contribution is 5.71. The molecule has 0 bridgehead atoms. The van der Waals surface area contributed by atoms with Crippen molar-refractivity contribution in [1.29, 1.82) is 0 Å². The summed E-state index contributed by atoms with van der Waals surface area (Å²) in [6.07, 6.45) is 67.3. The Balaban J connectivity index is 4.44. The van der Waals surface area contributed by atoms with E-state index in [9.17, 15) is 14.4 Å². The van der Waals surface area contributed by atoms with Crippen molar-refractivity contribution in [2.24, 2.45) is 0 Å². The minimum absolute atomic E-state index is 0.113. The SMILES string of the molecule is CC/C=C\C/C=C\C/C=C\C/C=C\C/C=C\CCC(=O)OC(COC(=O)CCCCC/C=C\C=C/CCCC)COC(=O)CCCCCCCCCCCCCCCCCCCCC. The van der Waals surface area contributed by atoms with Gasteiger partial charge in [0, 0.05) is 19.3 Å². The van der Waals surface area contributed by atoms with Crippen LogP contribution in [0.5, 0.6) is 0 Å². The van der Waals surface area contributed by atoms with Crippen molar-refractivity contribution in [3.05, 3.63) is 85.1 Å². The quantitative estimate of drug-likeness (QED) is 0.0199. The summed E-state index contributed by atoms with van der Waals surface area (Å²) in [7, 11) is 0. The standard InChI is InChI=1S/C58H98O6/c1-4-7-10-13-16-19-22-24-26-28-29-30-32-33-36-39-42-45-48-51-57(60)63-54-55(53-62-56(59)50-47-44-41-38-35-21-18-15-12-9-6-3)64-58(61)52-49-46-43-40-37-34-31-27-25-23-20-17-14-11-8-5-2/h8,11,15,17-18,20-21,25,27,34-35,37,43,46,55H,4-7,9-10,12-14,16,19,22-24,26,28-33,36,38-42,44-45,47-54H2,1-3H3/b11-8-,18-15-,20-17-,27-25-,35-21-,37-34-,46-43-. The van der Waals surface area contributed by atoms with Crippen LogP contribution in [0.2, 0.25) is 0 Å². The monoisotopic (exact) mass is 891 g/mol. The van der Waals surface area contributed by atoms with E-state index in [2.05, 4.69) is 93.7 Å². The van der Waals surface area contributed by atoms with Crippen molar-refractivity contribution < 1.29 is 28.6 Å². The number of esters is 3. The Hall–Kier alpha value is -3.41. The molecule has 0 aliphatic rings. The summed E-state index contributed by atoms with van der Waals surface area (Å²) >= 11 is 0. The Labute approximate surface area is 395 Å². The number of hydrogen-bond acceptors (Lipinski definition) is 6. The average Bonchev–Trinajstić information content (AvgIpc) is 3.29. The van der Waals surface area contributed by atoms with Crippen molar-refractivity contribution in [3.8, 4) is 0 Å². The maximum atomic E-state index is 12.8. The van der Waals surface area contributed by atoms with Crippen LogP contribution in [0, 0.1) is 0 Å². The molecule has 0 aromatic heterocycles. The molecule has 0 aliphatic carbocycles. The van der Waals surface area contributed by atoms with Crippen molar-refractivity contribution in [2.45, 2.75) is 252 Å². The highest BCUT2D eigenvalue weighted by atomic mass is 16.6. The molecule has 0 aromatic rings. The molecule has 0 fully saturated rings. The first-order chi connectivity index (χ1) is 31.5. The number of carbonyl (C=O) groups excluding carboxylic acids is 3. The lowest BCUT2D eigenvalue weighted by Crippen LogP contribution is -2.30. The molecule has 1 atom stereocenters. The van der Waals surface area contributed by atoms with Crippen LogP contribution >= 0.6 is 0 Å². The molecular weight excluding hydrogens is 793 g/mol. The van der Waals surface area contributed by atoms with Gasteiger partial charge in [-0.25, -0.2) is 0 Å². The first-order valence-corrected chi connectivity index (χ1v) is 26.6. The van der Waals surface area contributed by atoms with Crippen LogP contribution in [0.25, 0.3) is 0 Å². The molecule has 366 valence electrons. The zero-order valence-electron chi connectivity index (χ0n) is 41.8. The third-order valence-electron chi connectivity index (χ3n) is 11.2. The number of rotatable bonds is 47. The Morgan fingerprint density at radius 3 is 1.12 bits per heavy atom. The second-order valence-electron chi connectivity index (χ2n) is 17.4. The van der Waals surface area contributed by atoms with Crippen LogP contribution in [0.3, 0.4) is 0 Å². The number of ether oxygens (including phenoxy) is 3. The normalized spacial score (nSPS) is 12.7. The van der Waals surface area contributed by atoms with E-state index >= 15 is 0 Å². The molecule has 0 amide bonds. The van der Waals surface area contributed by atoms with Crippen molar-refractivity contribution in [1.82, 2.24) is 0 Å². The van der Waals surface area contributed by atoms with Gasteiger partial charge in [0.15, 0.2) is 6.10 Å². The third kappa shape index (κ3) is 49.6. The van der Waals surface area contributed by atoms with Crippen LogP contribution < -0.4 is 0 Å². The summed E-state index contributed by atoms with van der Waals surface area (Å²) in [5, 5.41) is 0. The van der Waals surface area contributed by atoms with E-state index in [4.69, 9.17) is 14.2 Å². The van der Waals surface area contributed by atoms with Gasteiger partial charge in [-0.1, -0.05) is 241 Å². The highest BCUT2D eigenvalue weighted by Gasteiger charge is 2.19. The number of carbonyl (C=O) groups is 3. The van der Waals surface area contributed by atoms with Gasteiger partial charge in [0.05, 0.1) is 0 Å². The van der Waals surface area contributed by atoms with Crippen LogP contribution in [0.15, 0.2) is 85.1 Å². The maximum Gasteiger partial charge on any atom is 0.306 e. The fourth-order valence-electron chi connectivity index (χ4n) is 7.17. The average molecular weight is 891 g/mol. The minimum atomic E-state index is -0.825. The number of allylic oxidation sites excluding steroid dienone is 14. The molecule has 0 spiro atoms. The lowest BCUT2D eigenvalue weighted by atomic mass is 10.0. The molecule has 0 N–H and O–H groups in total. The Morgan fingerprint density at radius 1 is 0.344 bits per heavy atom. The molecule has 0 saturated heterocycles. The number of unbranched alkanes of at least 4 members (excludes halogenated alkanes) is 23. The van der Waals surface area contributed by atoms with Crippen LogP contribution in [-0.2, 0) is 28.6 Å². The minimum Gasteiger partial charge on any atom is -0.462 e. The molecule has 0 radical (unpaired) electrons. The summed E-state index contributed by atoms with van der Waals surface area (Å²) in [5.41, 5.74) is 0. The van der Waals surface area contributed by atoms with E-state index in [1.807, 2.05) is 12.2 Å². The zero-order chi connectivity index (χ0) is 46.5. The first-order valence-electron chi connectivity index (χ1n) is 26.6. The van der Waals surface area contributed by atoms with Crippen molar-refractivity contribution >= 4 is 17.9 Å². The summed E-state index contributed by atoms with van der Waals surface area (Å²) in [6.45, 7) is 6.39. The van der Waals surface area contributed by atoms with E-state index in [1.165, 1.54) is 116 Å². The summed E-state index contributed by atoms with van der Waals surface area (Å²) in [5.74, 6) is -1.02. The fraction of sp³-hybridized carbons (Fsp3) is 0.707. The topological polar surface area (TPSA) is 78.9 Å². The summed E-state index contributed by atoms with van der Waals surface area (Å²) in [6, 6.07) is 0. The van der Waals surface area contributed by atoms with Gasteiger partial charge >= 0.3 is 17.9 Å². The van der Waals surface area contributed by atoms with E-state index in [0.29, 0.717) is 19.3 Å². The fourth-order valence-corrected chi connectivity index (χ4v) is 7.17. The largest absolute Gasteiger partial charge is 0.462 e. The van der Waals surface area contributed by atoms with Crippen molar-refractivity contribution in [2.75, 3.05) is 13.2 Å². The predicted molar refractivity (Wildman–Crippen MR) is 274 cm³/mol. The lowest BCUT2D eigenvalue weighted by Gasteiger charge is -2.18. The number of hydrogen-bond donors (Lipinski definition) is 0. The molecule has 0 aromatic carbocycles. The molecule has 0 aliphatic heterocycles. The van der Waals surface area contributed by atoms with Gasteiger partial charge in [-0.15, -0.1) is 0 Å². The van der Waals surface area contributed by atoms with Gasteiger partial charge in [-0.2, -0.15) is 0 Å². The van der Waals surface area contributed by atoms with Gasteiger partial charge in [0.2, 0.25) is 0 Å². The molecule has 1 unspecified atom stereocenters. The molecule has 0 saturated carbocycles. The molecule has 0 rings (SSSR count). The van der Waals surface area contributed by atoms with E-state index < -0.39 is 12.1 Å². The van der Waals surface area contributed by atoms with Crippen LogP contribution in [-0.4, -0.2) is 37.2 Å². The Morgan fingerprint density at radius 2 is 0.703 bits per heavy atom. The molecule has 6 nitrogen and oxygen atoms in total. The highest BCUT2D eigenvalue weighted by Crippen LogP contribution is 2.15. The third-order valence-corrected chi connectivity index (χ3v) is 11.2. The first kappa shape index (κ1) is 60.6. The summed E-state index contributed by atoms with van der Waals surface area (Å²) in [4.78, 5) is 37.9. The van der Waals surface area contributed by atoms with Gasteiger partial charge in [-0.3, -0.25) is 14.4 Å². The van der Waals surface area contributed by atoms with Gasteiger partial charge < -0.3 is 14.2 Å².